The fourth-order valence-electron chi connectivity index (χ4n) is 0. The van der Waals surface area contributed by atoms with Crippen LogP contribution < -0.4 is 0 Å². The van der Waals surface area contributed by atoms with Crippen LogP contribution in [0.4, 0.5) is 0 Å². The molecule has 0 saturated heterocycles. The predicted molar refractivity (Wildman–Crippen MR) is 67.6 cm³/mol. The zero-order valence-electron chi connectivity index (χ0n) is 9.83. The SMILES string of the molecule is CC(=O)O.CC(=O)O.CC(=O)O.CC(=O)O.Cl.[NaH]. The first-order valence-electron chi connectivity index (χ1n) is 3.71. The average Bonchev–Trinajstić information content (AvgIpc) is 1.76. The third-order valence-electron chi connectivity index (χ3n) is 0. The van der Waals surface area contributed by atoms with Crippen LogP contribution in [0.5, 0.6) is 0 Å². The number of hydrogen-bond donors (Lipinski definition) is 4. The fraction of sp³-hybridized carbons (Fsp3) is 0.500. The molecule has 0 saturated carbocycles. The summed E-state index contributed by atoms with van der Waals surface area (Å²) in [6.45, 7) is 4.33. The molecule has 4 N–H and O–H groups in total. The second-order valence-electron chi connectivity index (χ2n) is 2.08. The molecule has 0 fully saturated rings. The molecule has 0 aliphatic rings. The van der Waals surface area contributed by atoms with Crippen LogP contribution in [0.25, 0.3) is 0 Å². The first-order chi connectivity index (χ1) is 6.93. The quantitative estimate of drug-likeness (QED) is 0.461. The Morgan fingerprint density at radius 1 is 0.556 bits per heavy atom. The molecule has 0 bridgehead atoms. The van der Waals surface area contributed by atoms with Crippen LogP contribution in [0.15, 0.2) is 0 Å². The summed E-state index contributed by atoms with van der Waals surface area (Å²) in [4.78, 5) is 36.0. The first kappa shape index (κ1) is 36.0. The van der Waals surface area contributed by atoms with Crippen molar-refractivity contribution < 1.29 is 39.6 Å². The van der Waals surface area contributed by atoms with Gasteiger partial charge in [-0.25, -0.2) is 0 Å². The molecule has 0 aromatic heterocycles. The van der Waals surface area contributed by atoms with E-state index in [0.29, 0.717) is 0 Å². The van der Waals surface area contributed by atoms with E-state index in [4.69, 9.17) is 39.6 Å². The molecular formula is C8H18ClNaO8. The van der Waals surface area contributed by atoms with Crippen molar-refractivity contribution >= 4 is 65.8 Å². The van der Waals surface area contributed by atoms with Crippen molar-refractivity contribution in [2.75, 3.05) is 0 Å². The Morgan fingerprint density at radius 3 is 0.556 bits per heavy atom. The van der Waals surface area contributed by atoms with E-state index in [-0.39, 0.29) is 42.0 Å². The molecule has 0 spiro atoms. The summed E-state index contributed by atoms with van der Waals surface area (Å²) < 4.78 is 0. The maximum atomic E-state index is 9.00. The molecule has 0 amide bonds. The van der Waals surface area contributed by atoms with Crippen molar-refractivity contribution in [3.8, 4) is 0 Å². The first-order valence-corrected chi connectivity index (χ1v) is 3.71. The number of carbonyl (C=O) groups is 4. The summed E-state index contributed by atoms with van der Waals surface area (Å²) in [6.07, 6.45) is 0. The number of halogens is 1. The van der Waals surface area contributed by atoms with E-state index in [1.807, 2.05) is 0 Å². The van der Waals surface area contributed by atoms with Crippen LogP contribution in [0.3, 0.4) is 0 Å². The molecule has 10 heteroatoms. The van der Waals surface area contributed by atoms with Crippen LogP contribution in [0.2, 0.25) is 0 Å². The summed E-state index contributed by atoms with van der Waals surface area (Å²) in [5, 5.41) is 29.7. The molecule has 0 aromatic carbocycles. The van der Waals surface area contributed by atoms with Gasteiger partial charge in [-0.2, -0.15) is 0 Å². The Hall–Kier alpha value is -0.830. The van der Waals surface area contributed by atoms with E-state index in [0.717, 1.165) is 27.7 Å². The molecule has 0 rings (SSSR count). The molecule has 106 valence electrons. The molecule has 0 heterocycles. The van der Waals surface area contributed by atoms with E-state index in [2.05, 4.69) is 0 Å². The topological polar surface area (TPSA) is 149 Å². The maximum absolute atomic E-state index is 9.00. The summed E-state index contributed by atoms with van der Waals surface area (Å²) in [5.74, 6) is -3.33. The van der Waals surface area contributed by atoms with Crippen LogP contribution in [-0.4, -0.2) is 73.9 Å². The second kappa shape index (κ2) is 29.8. The van der Waals surface area contributed by atoms with Gasteiger partial charge in [0.2, 0.25) is 0 Å². The molecule has 18 heavy (non-hydrogen) atoms. The fourth-order valence-corrected chi connectivity index (χ4v) is 0. The zero-order valence-corrected chi connectivity index (χ0v) is 10.6. The van der Waals surface area contributed by atoms with E-state index in [1.165, 1.54) is 0 Å². The number of hydrogen-bond acceptors (Lipinski definition) is 4. The van der Waals surface area contributed by atoms with Gasteiger partial charge in [0.05, 0.1) is 0 Å². The van der Waals surface area contributed by atoms with Gasteiger partial charge in [-0.1, -0.05) is 0 Å². The number of aliphatic carboxylic acids is 4. The van der Waals surface area contributed by atoms with E-state index >= 15 is 0 Å². The Bertz CT molecular complexity index is 167. The number of rotatable bonds is 0. The average molecular weight is 301 g/mol. The van der Waals surface area contributed by atoms with Crippen molar-refractivity contribution in [2.24, 2.45) is 0 Å². The molecule has 0 aromatic rings. The third-order valence-corrected chi connectivity index (χ3v) is 0. The van der Waals surface area contributed by atoms with Crippen LogP contribution in [0, 0.1) is 0 Å². The van der Waals surface area contributed by atoms with E-state index < -0.39 is 23.9 Å². The van der Waals surface area contributed by atoms with E-state index in [1.54, 1.807) is 0 Å². The Kier molecular flexibility index (Phi) is 59.6. The minimum absolute atomic E-state index is 0. The number of carboxylic acids is 4. The zero-order chi connectivity index (χ0) is 14.3. The van der Waals surface area contributed by atoms with Crippen molar-refractivity contribution in [3.63, 3.8) is 0 Å². The van der Waals surface area contributed by atoms with Crippen LogP contribution >= 0.6 is 12.4 Å². The van der Waals surface area contributed by atoms with Gasteiger partial charge in [0, 0.05) is 27.7 Å². The monoisotopic (exact) mass is 300 g/mol. The van der Waals surface area contributed by atoms with E-state index in [9.17, 15) is 0 Å². The molecular weight excluding hydrogens is 283 g/mol. The normalized spacial score (nSPS) is 5.56. The van der Waals surface area contributed by atoms with Gasteiger partial charge in [-0.15, -0.1) is 12.4 Å². The number of carboxylic acid groups (broad SMARTS) is 4. The van der Waals surface area contributed by atoms with Crippen molar-refractivity contribution in [1.82, 2.24) is 0 Å². The third kappa shape index (κ3) is 4420. The van der Waals surface area contributed by atoms with Gasteiger partial charge < -0.3 is 20.4 Å². The van der Waals surface area contributed by atoms with Gasteiger partial charge >= 0.3 is 29.6 Å². The summed E-state index contributed by atoms with van der Waals surface area (Å²) in [6, 6.07) is 0. The predicted octanol–water partition coefficient (Wildman–Crippen LogP) is 0.137. The summed E-state index contributed by atoms with van der Waals surface area (Å²) in [7, 11) is 0. The molecule has 0 aliphatic heterocycles. The van der Waals surface area contributed by atoms with Gasteiger partial charge in [0.25, 0.3) is 23.9 Å². The van der Waals surface area contributed by atoms with Crippen molar-refractivity contribution in [3.05, 3.63) is 0 Å². The summed E-state index contributed by atoms with van der Waals surface area (Å²) >= 11 is 0. The molecule has 0 aliphatic carbocycles. The van der Waals surface area contributed by atoms with Gasteiger partial charge in [0.1, 0.15) is 0 Å². The molecule has 0 unspecified atom stereocenters. The second-order valence-corrected chi connectivity index (χ2v) is 2.08. The Labute approximate surface area is 133 Å². The van der Waals surface area contributed by atoms with Crippen molar-refractivity contribution in [1.29, 1.82) is 0 Å². The minimum atomic E-state index is -0.833. The molecule has 8 nitrogen and oxygen atoms in total. The Balaban J connectivity index is -0.0000000257. The van der Waals surface area contributed by atoms with Crippen LogP contribution in [-0.2, 0) is 19.2 Å². The van der Waals surface area contributed by atoms with Crippen molar-refractivity contribution in [2.45, 2.75) is 27.7 Å². The summed E-state index contributed by atoms with van der Waals surface area (Å²) in [5.41, 5.74) is 0. The molecule has 0 atom stereocenters. The van der Waals surface area contributed by atoms with Crippen LogP contribution in [0.1, 0.15) is 27.7 Å². The van der Waals surface area contributed by atoms with Gasteiger partial charge in [-0.05, 0) is 0 Å². The van der Waals surface area contributed by atoms with Gasteiger partial charge in [0.15, 0.2) is 0 Å². The standard InChI is InChI=1S/4C2H4O2.ClH.Na.H/c4*1-2(3)4;;;/h4*1H3,(H,3,4);1H;;. The molecule has 0 radical (unpaired) electrons. The van der Waals surface area contributed by atoms with Gasteiger partial charge in [-0.3, -0.25) is 19.2 Å². The Morgan fingerprint density at radius 2 is 0.556 bits per heavy atom.